The molecule has 0 fully saturated rings. The number of nitrogens with zero attached hydrogens (tertiary/aromatic N) is 6. The lowest BCUT2D eigenvalue weighted by atomic mass is 10.3. The molecule has 1 aromatic carbocycles. The third-order valence-electron chi connectivity index (χ3n) is 3.40. The van der Waals surface area contributed by atoms with E-state index in [9.17, 15) is 4.39 Å². The molecule has 4 rings (SSSR count). The van der Waals surface area contributed by atoms with Gasteiger partial charge in [0.05, 0.1) is 29.5 Å². The Morgan fingerprint density at radius 1 is 1.17 bits per heavy atom. The van der Waals surface area contributed by atoms with Crippen LogP contribution < -0.4 is 5.73 Å². The van der Waals surface area contributed by atoms with Crippen LogP contribution in [0.15, 0.2) is 36.5 Å². The van der Waals surface area contributed by atoms with Crippen molar-refractivity contribution in [1.82, 2.24) is 28.5 Å². The fraction of sp³-hybridized carbons (Fsp3) is 0.0714. The molecule has 2 N–H and O–H groups in total. The van der Waals surface area contributed by atoms with Crippen LogP contribution in [0.3, 0.4) is 0 Å². The zero-order valence-corrected chi connectivity index (χ0v) is 12.5. The molecule has 0 saturated heterocycles. The topological polar surface area (TPSA) is 95.4 Å². The van der Waals surface area contributed by atoms with Crippen LogP contribution in [-0.4, -0.2) is 28.5 Å². The van der Waals surface area contributed by atoms with E-state index in [0.717, 1.165) is 17.4 Å². The number of nitrogens with two attached hydrogens (primary N) is 1. The van der Waals surface area contributed by atoms with Gasteiger partial charge in [-0.15, -0.1) is 0 Å². The number of benzene rings is 1. The highest BCUT2D eigenvalue weighted by atomic mass is 32.1. The predicted molar refractivity (Wildman–Crippen MR) is 84.1 cm³/mol. The first-order valence-corrected chi connectivity index (χ1v) is 7.47. The predicted octanol–water partition coefficient (Wildman–Crippen LogP) is 2.11. The summed E-state index contributed by atoms with van der Waals surface area (Å²) in [6, 6.07) is 8.43. The molecule has 114 valence electrons. The zero-order valence-electron chi connectivity index (χ0n) is 11.7. The van der Waals surface area contributed by atoms with E-state index in [4.69, 9.17) is 5.73 Å². The van der Waals surface area contributed by atoms with Crippen LogP contribution in [0.4, 0.5) is 10.2 Å². The summed E-state index contributed by atoms with van der Waals surface area (Å²) >= 11 is 0.990. The second kappa shape index (κ2) is 5.36. The van der Waals surface area contributed by atoms with Crippen LogP contribution >= 0.6 is 11.7 Å². The van der Waals surface area contributed by atoms with Crippen LogP contribution in [0, 0.1) is 5.82 Å². The summed E-state index contributed by atoms with van der Waals surface area (Å²) in [6.07, 6.45) is 1.60. The number of para-hydroxylation sites is 1. The van der Waals surface area contributed by atoms with E-state index in [0.29, 0.717) is 23.6 Å². The summed E-state index contributed by atoms with van der Waals surface area (Å²) in [5.74, 6) is 0.330. The molecule has 0 aliphatic heterocycles. The second-order valence-electron chi connectivity index (χ2n) is 4.84. The van der Waals surface area contributed by atoms with Gasteiger partial charge in [-0.2, -0.15) is 18.9 Å². The molecular weight excluding hydrogens is 317 g/mol. The number of imidazole rings is 1. The van der Waals surface area contributed by atoms with E-state index < -0.39 is 5.82 Å². The first-order valence-electron chi connectivity index (χ1n) is 6.74. The van der Waals surface area contributed by atoms with Crippen LogP contribution in [0.2, 0.25) is 0 Å². The van der Waals surface area contributed by atoms with Crippen LogP contribution in [0.5, 0.6) is 0 Å². The van der Waals surface area contributed by atoms with E-state index in [1.807, 2.05) is 10.6 Å². The molecule has 0 spiro atoms. The summed E-state index contributed by atoms with van der Waals surface area (Å²) in [7, 11) is 0. The number of aromatic nitrogens is 6. The summed E-state index contributed by atoms with van der Waals surface area (Å²) in [5.41, 5.74) is 7.92. The van der Waals surface area contributed by atoms with Gasteiger partial charge >= 0.3 is 0 Å². The largest absolute Gasteiger partial charge is 0.381 e. The normalized spacial score (nSPS) is 11.2. The number of anilines is 1. The third-order valence-corrected chi connectivity index (χ3v) is 3.95. The Bertz CT molecular complexity index is 979. The summed E-state index contributed by atoms with van der Waals surface area (Å²) < 4.78 is 24.1. The van der Waals surface area contributed by atoms with Gasteiger partial charge in [0.2, 0.25) is 0 Å². The molecule has 0 amide bonds. The molecule has 0 radical (unpaired) electrons. The molecule has 4 aromatic rings. The summed E-state index contributed by atoms with van der Waals surface area (Å²) in [4.78, 5) is 4.38. The maximum absolute atomic E-state index is 14.1. The van der Waals surface area contributed by atoms with Gasteiger partial charge in [0.1, 0.15) is 5.52 Å². The lowest BCUT2D eigenvalue weighted by Gasteiger charge is -2.07. The highest BCUT2D eigenvalue weighted by molar-refractivity contribution is 6.99. The third kappa shape index (κ3) is 2.30. The van der Waals surface area contributed by atoms with E-state index in [1.165, 1.54) is 6.07 Å². The summed E-state index contributed by atoms with van der Waals surface area (Å²) in [6.45, 7) is 0.375. The number of nitrogen functional groups attached to an aromatic ring is 1. The first-order chi connectivity index (χ1) is 11.2. The molecule has 7 nitrogen and oxygen atoms in total. The van der Waals surface area contributed by atoms with Gasteiger partial charge in [-0.1, -0.05) is 6.07 Å². The molecule has 0 aliphatic carbocycles. The number of fused-ring (bicyclic) bond motifs is 1. The average Bonchev–Trinajstić information content (AvgIpc) is 3.13. The lowest BCUT2D eigenvalue weighted by molar-refractivity contribution is 0.637. The van der Waals surface area contributed by atoms with Crippen LogP contribution in [-0.2, 0) is 6.54 Å². The SMILES string of the molecule is Nc1nsnc1-c1nc2c(F)cccc2n1Cc1cccnn1. The highest BCUT2D eigenvalue weighted by Crippen LogP contribution is 2.29. The molecule has 3 heterocycles. The lowest BCUT2D eigenvalue weighted by Crippen LogP contribution is -2.05. The average molecular weight is 327 g/mol. The van der Waals surface area contributed by atoms with Crippen LogP contribution in [0.1, 0.15) is 5.69 Å². The first kappa shape index (κ1) is 13.7. The molecule has 9 heteroatoms. The van der Waals surface area contributed by atoms with Gasteiger partial charge in [0.25, 0.3) is 0 Å². The standard InChI is InChI=1S/C14H10FN7S/c15-9-4-1-5-10-11(9)18-14(12-13(16)21-23-20-12)22(10)7-8-3-2-6-17-19-8/h1-6H,7H2,(H2,16,21). The van der Waals surface area contributed by atoms with Crippen molar-refractivity contribution < 1.29 is 4.39 Å². The molecule has 0 unspecified atom stereocenters. The van der Waals surface area contributed by atoms with Crippen molar-refractivity contribution in [3.8, 4) is 11.5 Å². The minimum Gasteiger partial charge on any atom is -0.381 e. The Kier molecular flexibility index (Phi) is 3.19. The van der Waals surface area contributed by atoms with Crippen molar-refractivity contribution in [2.45, 2.75) is 6.54 Å². The molecular formula is C14H10FN7S. The smallest absolute Gasteiger partial charge is 0.168 e. The van der Waals surface area contributed by atoms with E-state index in [2.05, 4.69) is 23.9 Å². The molecule has 0 bridgehead atoms. The van der Waals surface area contributed by atoms with E-state index in [1.54, 1.807) is 24.4 Å². The van der Waals surface area contributed by atoms with Gasteiger partial charge < -0.3 is 10.3 Å². The molecule has 0 aliphatic rings. The number of hydrogen-bond acceptors (Lipinski definition) is 7. The van der Waals surface area contributed by atoms with Crippen molar-refractivity contribution in [1.29, 1.82) is 0 Å². The van der Waals surface area contributed by atoms with Crippen molar-refractivity contribution in [2.24, 2.45) is 0 Å². The second-order valence-corrected chi connectivity index (χ2v) is 5.37. The Morgan fingerprint density at radius 3 is 2.83 bits per heavy atom. The van der Waals surface area contributed by atoms with E-state index in [-0.39, 0.29) is 11.3 Å². The zero-order chi connectivity index (χ0) is 15.8. The summed E-state index contributed by atoms with van der Waals surface area (Å²) in [5, 5.41) is 7.94. The molecule has 23 heavy (non-hydrogen) atoms. The molecule has 0 atom stereocenters. The van der Waals surface area contributed by atoms with Crippen molar-refractivity contribution in [3.05, 3.63) is 48.0 Å². The Balaban J connectivity index is 1.96. The number of rotatable bonds is 3. The molecule has 3 aromatic heterocycles. The fourth-order valence-corrected chi connectivity index (χ4v) is 2.86. The fourth-order valence-electron chi connectivity index (χ4n) is 2.38. The maximum atomic E-state index is 14.1. The van der Waals surface area contributed by atoms with Gasteiger partial charge in [-0.05, 0) is 24.3 Å². The Hall–Kier alpha value is -2.94. The Morgan fingerprint density at radius 2 is 2.09 bits per heavy atom. The maximum Gasteiger partial charge on any atom is 0.168 e. The number of halogens is 1. The van der Waals surface area contributed by atoms with Gasteiger partial charge in [-0.3, -0.25) is 0 Å². The van der Waals surface area contributed by atoms with Gasteiger partial charge in [0.15, 0.2) is 23.2 Å². The van der Waals surface area contributed by atoms with E-state index >= 15 is 0 Å². The number of hydrogen-bond donors (Lipinski definition) is 1. The van der Waals surface area contributed by atoms with Crippen molar-refractivity contribution in [2.75, 3.05) is 5.73 Å². The molecule has 0 saturated carbocycles. The monoisotopic (exact) mass is 327 g/mol. The van der Waals surface area contributed by atoms with Crippen molar-refractivity contribution >= 4 is 28.6 Å². The van der Waals surface area contributed by atoms with Crippen LogP contribution in [0.25, 0.3) is 22.6 Å². The van der Waals surface area contributed by atoms with Gasteiger partial charge in [0, 0.05) is 6.20 Å². The van der Waals surface area contributed by atoms with Crippen molar-refractivity contribution in [3.63, 3.8) is 0 Å². The minimum atomic E-state index is -0.400. The Labute approximate surface area is 134 Å². The quantitative estimate of drug-likeness (QED) is 0.619. The van der Waals surface area contributed by atoms with Gasteiger partial charge in [-0.25, -0.2) is 9.37 Å². The minimum absolute atomic E-state index is 0.263. The highest BCUT2D eigenvalue weighted by Gasteiger charge is 2.20.